The number of carbonyl (C=O) groups excluding carboxylic acids is 1. The molecular weight excluding hydrogens is 322 g/mol. The molecule has 0 amide bonds. The molecule has 0 aliphatic carbocycles. The van der Waals surface area contributed by atoms with E-state index in [1.54, 1.807) is 0 Å². The fourth-order valence-electron chi connectivity index (χ4n) is 0.739. The van der Waals surface area contributed by atoms with E-state index in [9.17, 15) is 31.1 Å². The Balaban J connectivity index is 5.30. The van der Waals surface area contributed by atoms with Gasteiger partial charge in [-0.1, -0.05) is 22.9 Å². The van der Waals surface area contributed by atoms with Gasteiger partial charge >= 0.3 is 22.6 Å². The number of carbonyl (C=O) groups is 1. The van der Waals surface area contributed by atoms with Gasteiger partial charge in [-0.2, -0.15) is 26.3 Å². The summed E-state index contributed by atoms with van der Waals surface area (Å²) in [7, 11) is 0. The first-order chi connectivity index (χ1) is 7.38. The lowest BCUT2D eigenvalue weighted by Gasteiger charge is -2.30. The Morgan fingerprint density at radius 2 is 1.53 bits per heavy atom. The van der Waals surface area contributed by atoms with Crippen molar-refractivity contribution in [3.8, 4) is 0 Å². The van der Waals surface area contributed by atoms with Crippen LogP contribution in [0.15, 0.2) is 0 Å². The van der Waals surface area contributed by atoms with Crippen LogP contribution in [0.1, 0.15) is 20.3 Å². The molecule has 9 heteroatoms. The maximum Gasteiger partial charge on any atom is 0.423 e. The number of ether oxygens (including phenoxy) is 1. The fourth-order valence-corrected chi connectivity index (χ4v) is 0.833. The van der Waals surface area contributed by atoms with Gasteiger partial charge in [-0.15, -0.1) is 0 Å². The second-order valence-electron chi connectivity index (χ2n) is 3.28. The van der Waals surface area contributed by atoms with E-state index in [4.69, 9.17) is 0 Å². The molecule has 2 nitrogen and oxygen atoms in total. The molecule has 102 valence electrons. The highest BCUT2D eigenvalue weighted by Gasteiger charge is 2.75. The Bertz CT molecular complexity index is 271. The summed E-state index contributed by atoms with van der Waals surface area (Å²) < 4.78 is 73.4. The molecule has 0 bridgehead atoms. The van der Waals surface area contributed by atoms with Crippen LogP contribution in [0.25, 0.3) is 0 Å². The van der Waals surface area contributed by atoms with E-state index in [2.05, 4.69) is 4.74 Å². The van der Waals surface area contributed by atoms with Crippen LogP contribution in [0.2, 0.25) is 0 Å². The van der Waals surface area contributed by atoms with Crippen molar-refractivity contribution in [2.75, 3.05) is 0 Å². The Morgan fingerprint density at radius 1 is 1.18 bits per heavy atom. The smallest absolute Gasteiger partial charge is 0.423 e. The van der Waals surface area contributed by atoms with Gasteiger partial charge in [-0.05, 0) is 13.3 Å². The van der Waals surface area contributed by atoms with Crippen molar-refractivity contribution in [2.24, 2.45) is 0 Å². The van der Waals surface area contributed by atoms with E-state index in [0.29, 0.717) is 0 Å². The average molecular weight is 331 g/mol. The van der Waals surface area contributed by atoms with Gasteiger partial charge in [-0.3, -0.25) is 0 Å². The van der Waals surface area contributed by atoms with Gasteiger partial charge in [0.05, 0.1) is 6.10 Å². The van der Waals surface area contributed by atoms with Crippen LogP contribution in [-0.2, 0) is 9.53 Å². The average Bonchev–Trinajstić information content (AvgIpc) is 2.12. The molecule has 0 saturated heterocycles. The molecule has 0 aromatic heterocycles. The van der Waals surface area contributed by atoms with Gasteiger partial charge in [0.1, 0.15) is 0 Å². The number of hydrogen-bond acceptors (Lipinski definition) is 2. The van der Waals surface area contributed by atoms with Crippen molar-refractivity contribution < 1.29 is 35.9 Å². The zero-order valence-electron chi connectivity index (χ0n) is 8.75. The van der Waals surface area contributed by atoms with E-state index in [0.717, 1.165) is 0 Å². The normalized spacial score (nSPS) is 15.6. The minimum atomic E-state index is -5.84. The number of alkyl halides is 7. The highest BCUT2D eigenvalue weighted by molar-refractivity contribution is 9.10. The van der Waals surface area contributed by atoms with Crippen molar-refractivity contribution >= 4 is 21.9 Å². The molecule has 0 radical (unpaired) electrons. The summed E-state index contributed by atoms with van der Waals surface area (Å²) in [6.07, 6.45) is -12.6. The van der Waals surface area contributed by atoms with E-state index >= 15 is 0 Å². The van der Waals surface area contributed by atoms with Crippen LogP contribution in [0.4, 0.5) is 26.3 Å². The molecule has 0 unspecified atom stereocenters. The maximum atomic E-state index is 12.3. The van der Waals surface area contributed by atoms with Crippen LogP contribution < -0.4 is 0 Å². The molecular formula is C8H9BrF6O2. The fraction of sp³-hybridized carbons (Fsp3) is 0.875. The number of rotatable bonds is 3. The summed E-state index contributed by atoms with van der Waals surface area (Å²) in [6.45, 7) is 2.65. The van der Waals surface area contributed by atoms with Crippen molar-refractivity contribution in [1.82, 2.24) is 0 Å². The predicted molar refractivity (Wildman–Crippen MR) is 49.6 cm³/mol. The summed E-state index contributed by atoms with van der Waals surface area (Å²) in [6, 6.07) is 0. The molecule has 0 N–H and O–H groups in total. The van der Waals surface area contributed by atoms with Crippen molar-refractivity contribution in [1.29, 1.82) is 0 Å². The van der Waals surface area contributed by atoms with Gasteiger partial charge in [-0.25, -0.2) is 4.79 Å². The molecule has 0 aromatic rings. The zero-order chi connectivity index (χ0) is 14.1. The summed E-state index contributed by atoms with van der Waals surface area (Å²) in [4.78, 5) is 11.0. The van der Waals surface area contributed by atoms with Gasteiger partial charge in [0.25, 0.3) is 0 Å². The molecule has 0 rings (SSSR count). The van der Waals surface area contributed by atoms with E-state index in [-0.39, 0.29) is 6.42 Å². The Hall–Kier alpha value is -0.470. The quantitative estimate of drug-likeness (QED) is 0.449. The zero-order valence-corrected chi connectivity index (χ0v) is 10.3. The van der Waals surface area contributed by atoms with E-state index in [1.807, 2.05) is 0 Å². The van der Waals surface area contributed by atoms with Gasteiger partial charge in [0, 0.05) is 0 Å². The Labute approximate surface area is 101 Å². The number of halogens is 7. The lowest BCUT2D eigenvalue weighted by Crippen LogP contribution is -2.58. The predicted octanol–water partition coefficient (Wildman–Crippen LogP) is 3.59. The van der Waals surface area contributed by atoms with Gasteiger partial charge < -0.3 is 4.74 Å². The first-order valence-electron chi connectivity index (χ1n) is 4.41. The first kappa shape index (κ1) is 16.5. The molecule has 1 atom stereocenters. The second-order valence-corrected chi connectivity index (χ2v) is 4.47. The second kappa shape index (κ2) is 5.03. The van der Waals surface area contributed by atoms with Crippen LogP contribution in [0.5, 0.6) is 0 Å². The summed E-state index contributed by atoms with van der Waals surface area (Å²) in [5.41, 5.74) is 0. The molecule has 0 fully saturated rings. The lowest BCUT2D eigenvalue weighted by atomic mass is 10.1. The van der Waals surface area contributed by atoms with Crippen molar-refractivity contribution in [3.63, 3.8) is 0 Å². The van der Waals surface area contributed by atoms with Crippen LogP contribution in [0, 0.1) is 0 Å². The minimum absolute atomic E-state index is 0.102. The minimum Gasteiger partial charge on any atom is -0.461 e. The summed E-state index contributed by atoms with van der Waals surface area (Å²) in [5.74, 6) is -2.41. The maximum absolute atomic E-state index is 12.3. The molecule has 17 heavy (non-hydrogen) atoms. The standard InChI is InChI=1S/C8H9BrF6O2/c1-3-4(2)17-5(16)6(9,7(10,11)12)8(13,14)15/h4H,3H2,1-2H3/t4-/m1/s1. The number of esters is 1. The lowest BCUT2D eigenvalue weighted by molar-refractivity contribution is -0.264. The number of hydrogen-bond donors (Lipinski definition) is 0. The molecule has 0 saturated carbocycles. The monoisotopic (exact) mass is 330 g/mol. The van der Waals surface area contributed by atoms with Gasteiger partial charge in [0.15, 0.2) is 0 Å². The molecule has 0 spiro atoms. The SMILES string of the molecule is CC[C@@H](C)OC(=O)C(Br)(C(F)(F)F)C(F)(F)F. The largest absolute Gasteiger partial charge is 0.461 e. The third-order valence-corrected chi connectivity index (χ3v) is 3.17. The van der Waals surface area contributed by atoms with Crippen LogP contribution in [-0.4, -0.2) is 28.8 Å². The van der Waals surface area contributed by atoms with E-state index < -0.39 is 28.8 Å². The molecule has 0 aromatic carbocycles. The Kier molecular flexibility index (Phi) is 4.89. The van der Waals surface area contributed by atoms with Crippen molar-refractivity contribution in [3.05, 3.63) is 0 Å². The van der Waals surface area contributed by atoms with Crippen LogP contribution >= 0.6 is 15.9 Å². The summed E-state index contributed by atoms with van der Waals surface area (Å²) in [5, 5.41) is 0. The van der Waals surface area contributed by atoms with Gasteiger partial charge in [0.2, 0.25) is 0 Å². The third kappa shape index (κ3) is 3.26. The highest BCUT2D eigenvalue weighted by Crippen LogP contribution is 2.50. The first-order valence-corrected chi connectivity index (χ1v) is 5.20. The molecule has 0 heterocycles. The van der Waals surface area contributed by atoms with E-state index in [1.165, 1.54) is 29.8 Å². The molecule has 0 aliphatic heterocycles. The van der Waals surface area contributed by atoms with Crippen molar-refractivity contribution in [2.45, 2.75) is 43.0 Å². The third-order valence-electron chi connectivity index (χ3n) is 1.95. The highest BCUT2D eigenvalue weighted by atomic mass is 79.9. The summed E-state index contributed by atoms with van der Waals surface area (Å²) >= 11 is 1.42. The topological polar surface area (TPSA) is 26.3 Å². The molecule has 0 aliphatic rings. The Morgan fingerprint density at radius 3 is 1.76 bits per heavy atom. The van der Waals surface area contributed by atoms with Crippen LogP contribution in [0.3, 0.4) is 0 Å².